The number of fused-ring (bicyclic) bond motifs is 1. The molecule has 0 spiro atoms. The lowest BCUT2D eigenvalue weighted by atomic mass is 10.1. The number of nitrogens with one attached hydrogen (secondary N) is 2. The Morgan fingerprint density at radius 3 is 3.06 bits per heavy atom. The second-order valence-electron chi connectivity index (χ2n) is 4.35. The molecule has 0 saturated carbocycles. The zero-order valence-electron chi connectivity index (χ0n) is 9.02. The van der Waals surface area contributed by atoms with E-state index in [4.69, 9.17) is 0 Å². The number of hydrogen-bond acceptors (Lipinski definition) is 5. The lowest BCUT2D eigenvalue weighted by molar-refractivity contribution is -0.133. The molecule has 6 heteroatoms. The Labute approximate surface area is 94.7 Å². The van der Waals surface area contributed by atoms with Gasteiger partial charge in [-0.3, -0.25) is 15.5 Å². The molecular weight excluding hydrogens is 206 g/mol. The van der Waals surface area contributed by atoms with Crippen LogP contribution in [-0.2, 0) is 4.79 Å². The third-order valence-electron chi connectivity index (χ3n) is 3.24. The monoisotopic (exact) mass is 221 g/mol. The fraction of sp³-hybridized carbons (Fsp3) is 0.700. The van der Waals surface area contributed by atoms with Crippen LogP contribution in [0.3, 0.4) is 0 Å². The van der Waals surface area contributed by atoms with Gasteiger partial charge in [-0.05, 0) is 12.8 Å². The minimum Gasteiger partial charge on any atom is -0.341 e. The normalized spacial score (nSPS) is 32.8. The number of amides is 1. The quantitative estimate of drug-likeness (QED) is 0.583. The van der Waals surface area contributed by atoms with Gasteiger partial charge in [0.05, 0.1) is 0 Å². The van der Waals surface area contributed by atoms with E-state index in [1.807, 2.05) is 9.80 Å². The molecule has 86 valence electrons. The predicted octanol–water partition coefficient (Wildman–Crippen LogP) is -1.21. The molecule has 2 radical (unpaired) electrons. The van der Waals surface area contributed by atoms with Crippen LogP contribution in [0.15, 0.2) is 5.10 Å². The van der Waals surface area contributed by atoms with Gasteiger partial charge in [-0.15, -0.1) is 0 Å². The molecule has 0 bridgehead atoms. The van der Waals surface area contributed by atoms with Crippen LogP contribution in [0.4, 0.5) is 0 Å². The first-order valence-corrected chi connectivity index (χ1v) is 5.69. The second kappa shape index (κ2) is 3.93. The second-order valence-corrected chi connectivity index (χ2v) is 4.35. The summed E-state index contributed by atoms with van der Waals surface area (Å²) in [6.45, 7) is 5.48. The highest BCUT2D eigenvalue weighted by Gasteiger charge is 2.35. The van der Waals surface area contributed by atoms with Crippen molar-refractivity contribution in [2.45, 2.75) is 25.0 Å². The Balaban J connectivity index is 1.62. The number of likely N-dealkylation sites (tertiary alicyclic amines) is 1. The Morgan fingerprint density at radius 2 is 2.25 bits per heavy atom. The summed E-state index contributed by atoms with van der Waals surface area (Å²) in [5.74, 6) is 0.184. The average molecular weight is 221 g/mol. The molecule has 2 unspecified atom stereocenters. The first-order chi connectivity index (χ1) is 7.84. The van der Waals surface area contributed by atoms with E-state index in [0.717, 1.165) is 25.9 Å². The summed E-state index contributed by atoms with van der Waals surface area (Å²) in [6.07, 6.45) is 3.95. The number of carbonyl (C=O) groups excluding carboxylic acids is 1. The zero-order valence-corrected chi connectivity index (χ0v) is 9.02. The van der Waals surface area contributed by atoms with Crippen molar-refractivity contribution in [3.63, 3.8) is 0 Å². The molecule has 1 amide bonds. The number of carbonyl (C=O) groups is 1. The maximum absolute atomic E-state index is 12.1. The van der Waals surface area contributed by atoms with Crippen LogP contribution in [-0.4, -0.2) is 53.9 Å². The molecule has 16 heavy (non-hydrogen) atoms. The van der Waals surface area contributed by atoms with E-state index >= 15 is 0 Å². The molecule has 2 fully saturated rings. The number of hydrazone groups is 1. The van der Waals surface area contributed by atoms with Crippen LogP contribution in [0.25, 0.3) is 0 Å². The lowest BCUT2D eigenvalue weighted by Crippen LogP contribution is -2.59. The summed E-state index contributed by atoms with van der Waals surface area (Å²) < 4.78 is 0. The minimum absolute atomic E-state index is 0.0253. The molecule has 3 heterocycles. The first kappa shape index (κ1) is 9.89. The van der Waals surface area contributed by atoms with E-state index in [0.29, 0.717) is 6.54 Å². The molecule has 0 aromatic carbocycles. The standard InChI is InChI=1S/C10H15N5O/c16-10(14-3-1-2-4-14)8-6-15-7-12-13-9(15)5-11-8/h7-9,11,13H,1-4,6H2. The molecule has 0 aromatic rings. The molecule has 2 N–H and O–H groups in total. The van der Waals surface area contributed by atoms with Crippen LogP contribution in [0, 0.1) is 6.54 Å². The van der Waals surface area contributed by atoms with Gasteiger partial charge in [-0.2, -0.15) is 5.10 Å². The predicted molar refractivity (Wildman–Crippen MR) is 58.1 cm³/mol. The summed E-state index contributed by atoms with van der Waals surface area (Å²) in [5.41, 5.74) is 2.88. The van der Waals surface area contributed by atoms with Crippen LogP contribution in [0.5, 0.6) is 0 Å². The van der Waals surface area contributed by atoms with Gasteiger partial charge in [0.2, 0.25) is 5.91 Å². The fourth-order valence-corrected chi connectivity index (χ4v) is 2.32. The van der Waals surface area contributed by atoms with Gasteiger partial charge in [0.25, 0.3) is 0 Å². The average Bonchev–Trinajstić information content (AvgIpc) is 2.98. The maximum Gasteiger partial charge on any atom is 0.241 e. The summed E-state index contributed by atoms with van der Waals surface area (Å²) in [5, 5.41) is 6.98. The van der Waals surface area contributed by atoms with Gasteiger partial charge in [0, 0.05) is 19.6 Å². The highest BCUT2D eigenvalue weighted by molar-refractivity contribution is 5.83. The van der Waals surface area contributed by atoms with Gasteiger partial charge in [0.15, 0.2) is 0 Å². The summed E-state index contributed by atoms with van der Waals surface area (Å²) in [6, 6.07) is -0.180. The van der Waals surface area contributed by atoms with Gasteiger partial charge in [-0.1, -0.05) is 0 Å². The van der Waals surface area contributed by atoms with Gasteiger partial charge < -0.3 is 9.80 Å². The van der Waals surface area contributed by atoms with Crippen LogP contribution < -0.4 is 10.7 Å². The number of hydrogen-bond donors (Lipinski definition) is 2. The van der Waals surface area contributed by atoms with Crippen molar-refractivity contribution in [2.24, 2.45) is 5.10 Å². The van der Waals surface area contributed by atoms with Gasteiger partial charge >= 0.3 is 0 Å². The zero-order chi connectivity index (χ0) is 11.0. The maximum atomic E-state index is 12.1. The Kier molecular flexibility index (Phi) is 2.43. The molecule has 6 nitrogen and oxygen atoms in total. The molecule has 2 atom stereocenters. The smallest absolute Gasteiger partial charge is 0.241 e. The van der Waals surface area contributed by atoms with Crippen LogP contribution in [0.1, 0.15) is 12.8 Å². The molecule has 0 aliphatic carbocycles. The van der Waals surface area contributed by atoms with Gasteiger partial charge in [-0.25, -0.2) is 0 Å². The molecule has 3 rings (SSSR count). The summed E-state index contributed by atoms with van der Waals surface area (Å²) in [7, 11) is 0. The van der Waals surface area contributed by atoms with Crippen molar-refractivity contribution in [3.05, 3.63) is 6.54 Å². The van der Waals surface area contributed by atoms with Crippen molar-refractivity contribution >= 4 is 12.2 Å². The van der Waals surface area contributed by atoms with Gasteiger partial charge in [0.1, 0.15) is 25.1 Å². The Morgan fingerprint density at radius 1 is 1.44 bits per heavy atom. The van der Waals surface area contributed by atoms with Crippen LogP contribution in [0.2, 0.25) is 0 Å². The highest BCUT2D eigenvalue weighted by atomic mass is 16.2. The Hall–Kier alpha value is -1.30. The van der Waals surface area contributed by atoms with E-state index in [2.05, 4.69) is 22.4 Å². The fourth-order valence-electron chi connectivity index (χ4n) is 2.32. The SMILES string of the molecule is O=C(C1CN2C=NNC2[C]N1)N1CCCC1. The summed E-state index contributed by atoms with van der Waals surface area (Å²) >= 11 is 0. The molecule has 0 aromatic heterocycles. The number of nitrogens with zero attached hydrogens (tertiary/aromatic N) is 3. The largest absolute Gasteiger partial charge is 0.341 e. The summed E-state index contributed by atoms with van der Waals surface area (Å²) in [4.78, 5) is 16.0. The minimum atomic E-state index is -0.180. The lowest BCUT2D eigenvalue weighted by Gasteiger charge is -2.35. The molecule has 3 aliphatic heterocycles. The molecular formula is C10H15N5O. The third kappa shape index (κ3) is 1.63. The van der Waals surface area contributed by atoms with Crippen molar-refractivity contribution in [2.75, 3.05) is 19.6 Å². The van der Waals surface area contributed by atoms with Crippen molar-refractivity contribution in [3.8, 4) is 0 Å². The van der Waals surface area contributed by atoms with Crippen molar-refractivity contribution < 1.29 is 4.79 Å². The number of rotatable bonds is 1. The van der Waals surface area contributed by atoms with E-state index < -0.39 is 0 Å². The van der Waals surface area contributed by atoms with Crippen LogP contribution >= 0.6 is 0 Å². The molecule has 3 aliphatic rings. The molecule has 2 saturated heterocycles. The van der Waals surface area contributed by atoms with E-state index in [-0.39, 0.29) is 18.1 Å². The first-order valence-electron chi connectivity index (χ1n) is 5.69. The van der Waals surface area contributed by atoms with Crippen molar-refractivity contribution in [1.29, 1.82) is 0 Å². The van der Waals surface area contributed by atoms with E-state index in [1.54, 1.807) is 6.34 Å². The topological polar surface area (TPSA) is 60.0 Å². The highest BCUT2D eigenvalue weighted by Crippen LogP contribution is 2.14. The van der Waals surface area contributed by atoms with E-state index in [1.165, 1.54) is 0 Å². The third-order valence-corrected chi connectivity index (χ3v) is 3.24. The van der Waals surface area contributed by atoms with Crippen molar-refractivity contribution in [1.82, 2.24) is 20.5 Å². The van der Waals surface area contributed by atoms with E-state index in [9.17, 15) is 4.79 Å². The number of piperazine rings is 1. The Bertz CT molecular complexity index is 312.